The first-order valence-electron chi connectivity index (χ1n) is 4.41. The van der Waals surface area contributed by atoms with Gasteiger partial charge >= 0.3 is 18.1 Å². The summed E-state index contributed by atoms with van der Waals surface area (Å²) >= 11 is 0. The van der Waals surface area contributed by atoms with Gasteiger partial charge in [0, 0.05) is 0 Å². The van der Waals surface area contributed by atoms with Crippen molar-refractivity contribution in [1.82, 2.24) is 5.32 Å². The minimum absolute atomic E-state index is 0.375. The van der Waals surface area contributed by atoms with E-state index in [9.17, 15) is 27.2 Å². The van der Waals surface area contributed by atoms with Crippen LogP contribution in [0.2, 0.25) is 0 Å². The molecule has 1 amide bonds. The van der Waals surface area contributed by atoms with Crippen molar-refractivity contribution in [3.05, 3.63) is 0 Å². The third-order valence-electron chi connectivity index (χ3n) is 2.40. The second-order valence-electron chi connectivity index (χ2n) is 3.77. The Bertz CT molecular complexity index is 309. The molecule has 0 unspecified atom stereocenters. The molecule has 0 atom stereocenters. The molecule has 1 saturated carbocycles. The highest BCUT2D eigenvalue weighted by Gasteiger charge is 2.49. The fourth-order valence-electron chi connectivity index (χ4n) is 1.48. The zero-order valence-electron chi connectivity index (χ0n) is 7.97. The maximum Gasteiger partial charge on any atom is 0.471 e. The van der Waals surface area contributed by atoms with Crippen LogP contribution in [0, 0.1) is 5.92 Å². The first-order chi connectivity index (χ1) is 7.14. The Morgan fingerprint density at radius 2 is 1.88 bits per heavy atom. The zero-order chi connectivity index (χ0) is 12.6. The van der Waals surface area contributed by atoms with E-state index in [1.54, 1.807) is 0 Å². The lowest BCUT2D eigenvalue weighted by molar-refractivity contribution is -0.175. The van der Waals surface area contributed by atoms with Crippen LogP contribution in [-0.2, 0) is 9.59 Å². The SMILES string of the molecule is O=C(O)C1CC(F)(CNC(=O)C(F)(F)F)C1. The van der Waals surface area contributed by atoms with Gasteiger partial charge in [0.15, 0.2) is 0 Å². The van der Waals surface area contributed by atoms with Crippen molar-refractivity contribution >= 4 is 11.9 Å². The lowest BCUT2D eigenvalue weighted by Gasteiger charge is -2.38. The summed E-state index contributed by atoms with van der Waals surface area (Å²) < 4.78 is 48.6. The van der Waals surface area contributed by atoms with Gasteiger partial charge in [0.05, 0.1) is 12.5 Å². The first kappa shape index (κ1) is 12.7. The van der Waals surface area contributed by atoms with Crippen LogP contribution < -0.4 is 5.32 Å². The summed E-state index contributed by atoms with van der Waals surface area (Å²) in [7, 11) is 0. The van der Waals surface area contributed by atoms with Crippen LogP contribution >= 0.6 is 0 Å². The van der Waals surface area contributed by atoms with Crippen LogP contribution in [0.3, 0.4) is 0 Å². The largest absolute Gasteiger partial charge is 0.481 e. The van der Waals surface area contributed by atoms with Gasteiger partial charge in [-0.25, -0.2) is 4.39 Å². The summed E-state index contributed by atoms with van der Waals surface area (Å²) in [6, 6.07) is 0. The van der Waals surface area contributed by atoms with E-state index in [0.717, 1.165) is 0 Å². The number of rotatable bonds is 3. The van der Waals surface area contributed by atoms with Gasteiger partial charge in [0.1, 0.15) is 5.67 Å². The Kier molecular flexibility index (Phi) is 3.11. The van der Waals surface area contributed by atoms with Gasteiger partial charge in [-0.3, -0.25) is 9.59 Å². The highest BCUT2D eigenvalue weighted by atomic mass is 19.4. The average molecular weight is 243 g/mol. The molecule has 0 aromatic rings. The Balaban J connectivity index is 2.36. The van der Waals surface area contributed by atoms with Crippen molar-refractivity contribution in [2.75, 3.05) is 6.54 Å². The van der Waals surface area contributed by atoms with E-state index < -0.39 is 36.2 Å². The van der Waals surface area contributed by atoms with Gasteiger partial charge in [-0.2, -0.15) is 13.2 Å². The number of carboxylic acids is 1. The van der Waals surface area contributed by atoms with Crippen molar-refractivity contribution in [1.29, 1.82) is 0 Å². The predicted octanol–water partition coefficient (Wildman–Crippen LogP) is 0.868. The standard InChI is InChI=1S/C8H9F4NO3/c9-7(1-4(2-7)5(14)15)3-13-6(16)8(10,11)12/h4H,1-3H2,(H,13,16)(H,14,15). The van der Waals surface area contributed by atoms with E-state index in [-0.39, 0.29) is 12.8 Å². The molecule has 0 saturated heterocycles. The van der Waals surface area contributed by atoms with Crippen LogP contribution in [0.5, 0.6) is 0 Å². The molecule has 0 aliphatic heterocycles. The minimum Gasteiger partial charge on any atom is -0.481 e. The zero-order valence-corrected chi connectivity index (χ0v) is 7.97. The summed E-state index contributed by atoms with van der Waals surface area (Å²) in [4.78, 5) is 20.7. The van der Waals surface area contributed by atoms with Crippen molar-refractivity contribution in [3.8, 4) is 0 Å². The van der Waals surface area contributed by atoms with Gasteiger partial charge < -0.3 is 10.4 Å². The lowest BCUT2D eigenvalue weighted by Crippen LogP contribution is -2.52. The van der Waals surface area contributed by atoms with Crippen LogP contribution in [-0.4, -0.2) is 35.4 Å². The maximum absolute atomic E-state index is 13.4. The number of halogens is 4. The lowest BCUT2D eigenvalue weighted by atomic mass is 9.72. The molecule has 1 rings (SSSR count). The normalized spacial score (nSPS) is 29.4. The van der Waals surface area contributed by atoms with Crippen LogP contribution in [0.1, 0.15) is 12.8 Å². The molecule has 1 aliphatic rings. The second-order valence-corrected chi connectivity index (χ2v) is 3.77. The molecule has 8 heteroatoms. The Morgan fingerprint density at radius 3 is 2.25 bits per heavy atom. The molecule has 0 heterocycles. The highest BCUT2D eigenvalue weighted by Crippen LogP contribution is 2.40. The van der Waals surface area contributed by atoms with Crippen LogP contribution in [0.4, 0.5) is 17.6 Å². The Morgan fingerprint density at radius 1 is 1.38 bits per heavy atom. The second kappa shape index (κ2) is 3.91. The van der Waals surface area contributed by atoms with Crippen LogP contribution in [0.25, 0.3) is 0 Å². The Labute approximate surface area is 87.6 Å². The van der Waals surface area contributed by atoms with Crippen molar-refractivity contribution in [2.45, 2.75) is 24.7 Å². The molecular formula is C8H9F4NO3. The van der Waals surface area contributed by atoms with Gasteiger partial charge in [0.2, 0.25) is 0 Å². The minimum atomic E-state index is -5.05. The molecule has 92 valence electrons. The maximum atomic E-state index is 13.4. The number of carbonyl (C=O) groups excluding carboxylic acids is 1. The molecule has 0 bridgehead atoms. The molecular weight excluding hydrogens is 234 g/mol. The van der Waals surface area contributed by atoms with Gasteiger partial charge in [-0.05, 0) is 12.8 Å². The number of hydrogen-bond donors (Lipinski definition) is 2. The van der Waals surface area contributed by atoms with E-state index in [1.165, 1.54) is 5.32 Å². The van der Waals surface area contributed by atoms with Crippen molar-refractivity contribution < 1.29 is 32.3 Å². The van der Waals surface area contributed by atoms with E-state index in [2.05, 4.69) is 0 Å². The van der Waals surface area contributed by atoms with Gasteiger partial charge in [-0.1, -0.05) is 0 Å². The molecule has 0 spiro atoms. The fourth-order valence-corrected chi connectivity index (χ4v) is 1.48. The smallest absolute Gasteiger partial charge is 0.471 e. The molecule has 2 N–H and O–H groups in total. The Hall–Kier alpha value is -1.34. The van der Waals surface area contributed by atoms with E-state index in [4.69, 9.17) is 5.11 Å². The number of nitrogens with one attached hydrogen (secondary N) is 1. The molecule has 0 aromatic heterocycles. The first-order valence-corrected chi connectivity index (χ1v) is 4.41. The van der Waals surface area contributed by atoms with Crippen molar-refractivity contribution in [3.63, 3.8) is 0 Å². The summed E-state index contributed by atoms with van der Waals surface area (Å²) in [5.74, 6) is -4.29. The van der Waals surface area contributed by atoms with Crippen molar-refractivity contribution in [2.24, 2.45) is 5.92 Å². The van der Waals surface area contributed by atoms with E-state index in [1.807, 2.05) is 0 Å². The molecule has 0 aromatic carbocycles. The van der Waals surface area contributed by atoms with Gasteiger partial charge in [-0.15, -0.1) is 0 Å². The molecule has 0 radical (unpaired) electrons. The number of carboxylic acid groups (broad SMARTS) is 1. The summed E-state index contributed by atoms with van der Waals surface area (Å²) in [5.41, 5.74) is -2.04. The third kappa shape index (κ3) is 2.83. The molecule has 1 aliphatic carbocycles. The van der Waals surface area contributed by atoms with E-state index >= 15 is 0 Å². The fraction of sp³-hybridized carbons (Fsp3) is 0.750. The molecule has 16 heavy (non-hydrogen) atoms. The third-order valence-corrected chi connectivity index (χ3v) is 2.40. The number of aliphatic carboxylic acids is 1. The number of hydrogen-bond acceptors (Lipinski definition) is 2. The topological polar surface area (TPSA) is 66.4 Å². The monoisotopic (exact) mass is 243 g/mol. The molecule has 4 nitrogen and oxygen atoms in total. The quantitative estimate of drug-likeness (QED) is 0.723. The van der Waals surface area contributed by atoms with Gasteiger partial charge in [0.25, 0.3) is 0 Å². The van der Waals surface area contributed by atoms with E-state index in [0.29, 0.717) is 0 Å². The average Bonchev–Trinajstić information content (AvgIpc) is 2.07. The highest BCUT2D eigenvalue weighted by molar-refractivity contribution is 5.81. The molecule has 1 fully saturated rings. The predicted molar refractivity (Wildman–Crippen MR) is 43.3 cm³/mol. The number of alkyl halides is 4. The van der Waals surface area contributed by atoms with Crippen LogP contribution in [0.15, 0.2) is 0 Å². The summed E-state index contributed by atoms with van der Waals surface area (Å²) in [6.45, 7) is -0.810. The summed E-state index contributed by atoms with van der Waals surface area (Å²) in [6.07, 6.45) is -5.80. The number of carbonyl (C=O) groups is 2. The number of amides is 1. The summed E-state index contributed by atoms with van der Waals surface area (Å²) in [5, 5.41) is 9.83.